The van der Waals surface area contributed by atoms with Gasteiger partial charge in [-0.2, -0.15) is 0 Å². The fraction of sp³-hybridized carbons (Fsp3) is 0.647. The average Bonchev–Trinajstić information content (AvgIpc) is 2.53. The molecule has 1 N–H and O–H groups in total. The number of carbonyl (C=O) groups excluding carboxylic acids is 1. The van der Waals surface area contributed by atoms with Crippen LogP contribution in [0.15, 0.2) is 29.2 Å². The van der Waals surface area contributed by atoms with Crippen LogP contribution in [0.3, 0.4) is 0 Å². The molecule has 1 aliphatic heterocycles. The average molecular weight is 305 g/mol. The lowest BCUT2D eigenvalue weighted by molar-refractivity contribution is -0.121. The number of pyridine rings is 1. The topological polar surface area (TPSA) is 54.3 Å². The summed E-state index contributed by atoms with van der Waals surface area (Å²) in [4.78, 5) is 25.9. The standard InChI is InChI=1S/C17H27N3O2/c1-15(14-19-9-4-2-5-10-19)13-18-16(21)8-12-20-11-6-3-7-17(20)22/h3,6-7,11,15H,2,4-5,8-10,12-14H2,1H3,(H,18,21). The smallest absolute Gasteiger partial charge is 0.250 e. The molecule has 0 radical (unpaired) electrons. The molecule has 1 amide bonds. The highest BCUT2D eigenvalue weighted by molar-refractivity contribution is 5.75. The highest BCUT2D eigenvalue weighted by atomic mass is 16.1. The van der Waals surface area contributed by atoms with Crippen LogP contribution in [0.4, 0.5) is 0 Å². The predicted octanol–water partition coefficient (Wildman–Crippen LogP) is 1.48. The molecule has 1 unspecified atom stereocenters. The first-order valence-corrected chi connectivity index (χ1v) is 8.29. The van der Waals surface area contributed by atoms with Gasteiger partial charge >= 0.3 is 0 Å². The molecule has 0 spiro atoms. The van der Waals surface area contributed by atoms with Crippen LogP contribution >= 0.6 is 0 Å². The van der Waals surface area contributed by atoms with Crippen molar-refractivity contribution in [2.24, 2.45) is 5.92 Å². The molecule has 22 heavy (non-hydrogen) atoms. The van der Waals surface area contributed by atoms with E-state index < -0.39 is 0 Å². The van der Waals surface area contributed by atoms with Gasteiger partial charge in [0.05, 0.1) is 0 Å². The van der Waals surface area contributed by atoms with Crippen molar-refractivity contribution in [1.82, 2.24) is 14.8 Å². The summed E-state index contributed by atoms with van der Waals surface area (Å²) in [7, 11) is 0. The number of hydrogen-bond acceptors (Lipinski definition) is 3. The quantitative estimate of drug-likeness (QED) is 0.830. The van der Waals surface area contributed by atoms with Crippen molar-refractivity contribution in [3.63, 3.8) is 0 Å². The Kier molecular flexibility index (Phi) is 6.65. The van der Waals surface area contributed by atoms with Gasteiger partial charge in [0.15, 0.2) is 0 Å². The largest absolute Gasteiger partial charge is 0.356 e. The van der Waals surface area contributed by atoms with Gasteiger partial charge in [-0.25, -0.2) is 0 Å². The van der Waals surface area contributed by atoms with Crippen molar-refractivity contribution in [2.45, 2.75) is 39.2 Å². The fourth-order valence-electron chi connectivity index (χ4n) is 2.89. The summed E-state index contributed by atoms with van der Waals surface area (Å²) in [5, 5.41) is 2.98. The number of carbonyl (C=O) groups is 1. The molecule has 5 heteroatoms. The van der Waals surface area contributed by atoms with Crippen molar-refractivity contribution in [1.29, 1.82) is 0 Å². The summed E-state index contributed by atoms with van der Waals surface area (Å²) in [5.74, 6) is 0.475. The molecule has 1 aromatic heterocycles. The van der Waals surface area contributed by atoms with Crippen molar-refractivity contribution >= 4 is 5.91 Å². The first-order chi connectivity index (χ1) is 10.6. The van der Waals surface area contributed by atoms with Crippen LogP contribution < -0.4 is 10.9 Å². The Balaban J connectivity index is 1.64. The number of rotatable bonds is 7. The lowest BCUT2D eigenvalue weighted by Crippen LogP contribution is -2.38. The molecular weight excluding hydrogens is 278 g/mol. The van der Waals surface area contributed by atoms with Crippen molar-refractivity contribution < 1.29 is 4.79 Å². The van der Waals surface area contributed by atoms with E-state index in [2.05, 4.69) is 17.1 Å². The zero-order chi connectivity index (χ0) is 15.8. The number of nitrogens with one attached hydrogen (secondary N) is 1. The van der Waals surface area contributed by atoms with Crippen LogP contribution in [0.2, 0.25) is 0 Å². The molecule has 1 fully saturated rings. The molecular formula is C17H27N3O2. The van der Waals surface area contributed by atoms with Crippen LogP contribution in [0, 0.1) is 5.92 Å². The maximum atomic E-state index is 11.9. The van der Waals surface area contributed by atoms with Crippen LogP contribution in [0.1, 0.15) is 32.6 Å². The second-order valence-corrected chi connectivity index (χ2v) is 6.25. The number of aromatic nitrogens is 1. The van der Waals surface area contributed by atoms with Gasteiger partial charge in [-0.05, 0) is 37.9 Å². The molecule has 0 aromatic carbocycles. The third-order valence-corrected chi connectivity index (χ3v) is 4.15. The van der Waals surface area contributed by atoms with Crippen molar-refractivity contribution in [3.8, 4) is 0 Å². The molecule has 2 rings (SSSR count). The van der Waals surface area contributed by atoms with E-state index in [1.807, 2.05) is 0 Å². The van der Waals surface area contributed by atoms with Gasteiger partial charge in [0.2, 0.25) is 5.91 Å². The first kappa shape index (κ1) is 16.7. The summed E-state index contributed by atoms with van der Waals surface area (Å²) >= 11 is 0. The Morgan fingerprint density at radius 2 is 2.05 bits per heavy atom. The predicted molar refractivity (Wildman–Crippen MR) is 87.8 cm³/mol. The van der Waals surface area contributed by atoms with Gasteiger partial charge in [0.1, 0.15) is 0 Å². The monoisotopic (exact) mass is 305 g/mol. The highest BCUT2D eigenvalue weighted by Gasteiger charge is 2.14. The Labute approximate surface area is 132 Å². The number of amides is 1. The maximum Gasteiger partial charge on any atom is 0.250 e. The SMILES string of the molecule is CC(CNC(=O)CCn1ccccc1=O)CN1CCCCC1. The van der Waals surface area contributed by atoms with E-state index in [-0.39, 0.29) is 11.5 Å². The number of aryl methyl sites for hydroxylation is 1. The van der Waals surface area contributed by atoms with Gasteiger partial charge in [0.25, 0.3) is 5.56 Å². The van der Waals surface area contributed by atoms with Crippen LogP contribution in [0.5, 0.6) is 0 Å². The number of nitrogens with zero attached hydrogens (tertiary/aromatic N) is 2. The van der Waals surface area contributed by atoms with Crippen LogP contribution in [-0.2, 0) is 11.3 Å². The molecule has 2 heterocycles. The summed E-state index contributed by atoms with van der Waals surface area (Å²) < 4.78 is 1.57. The van der Waals surface area contributed by atoms with E-state index in [9.17, 15) is 9.59 Å². The molecule has 1 atom stereocenters. The Morgan fingerprint density at radius 3 is 2.77 bits per heavy atom. The van der Waals surface area contributed by atoms with Crippen LogP contribution in [0.25, 0.3) is 0 Å². The third-order valence-electron chi connectivity index (χ3n) is 4.15. The zero-order valence-corrected chi connectivity index (χ0v) is 13.5. The molecule has 1 saturated heterocycles. The van der Waals surface area contributed by atoms with E-state index >= 15 is 0 Å². The molecule has 0 saturated carbocycles. The second-order valence-electron chi connectivity index (χ2n) is 6.25. The third kappa shape index (κ3) is 5.64. The molecule has 5 nitrogen and oxygen atoms in total. The minimum Gasteiger partial charge on any atom is -0.356 e. The molecule has 0 bridgehead atoms. The number of piperidine rings is 1. The minimum absolute atomic E-state index is 0.0150. The summed E-state index contributed by atoms with van der Waals surface area (Å²) in [6.07, 6.45) is 6.01. The normalized spacial score (nSPS) is 17.1. The number of hydrogen-bond donors (Lipinski definition) is 1. The molecule has 122 valence electrons. The van der Waals surface area contributed by atoms with Gasteiger partial charge in [-0.3, -0.25) is 9.59 Å². The summed E-state index contributed by atoms with van der Waals surface area (Å²) in [6, 6.07) is 5.03. The van der Waals surface area contributed by atoms with Crippen molar-refractivity contribution in [2.75, 3.05) is 26.2 Å². The lowest BCUT2D eigenvalue weighted by atomic mass is 10.1. The van der Waals surface area contributed by atoms with E-state index in [1.165, 1.54) is 38.4 Å². The van der Waals surface area contributed by atoms with Crippen LogP contribution in [-0.4, -0.2) is 41.6 Å². The number of likely N-dealkylation sites (tertiary alicyclic amines) is 1. The minimum atomic E-state index is -0.0613. The van der Waals surface area contributed by atoms with Gasteiger partial charge in [-0.1, -0.05) is 19.4 Å². The Hall–Kier alpha value is -1.62. The second kappa shape index (κ2) is 8.73. The van der Waals surface area contributed by atoms with E-state index in [1.54, 1.807) is 22.9 Å². The van der Waals surface area contributed by atoms with Crippen molar-refractivity contribution in [3.05, 3.63) is 34.7 Å². The Morgan fingerprint density at radius 1 is 1.27 bits per heavy atom. The van der Waals surface area contributed by atoms with E-state index in [4.69, 9.17) is 0 Å². The zero-order valence-electron chi connectivity index (χ0n) is 13.5. The van der Waals surface area contributed by atoms with E-state index in [0.717, 1.165) is 6.54 Å². The summed E-state index contributed by atoms with van der Waals surface area (Å²) in [5.41, 5.74) is -0.0613. The summed E-state index contributed by atoms with van der Waals surface area (Å²) in [6.45, 7) is 6.75. The maximum absolute atomic E-state index is 11.9. The van der Waals surface area contributed by atoms with Gasteiger partial charge < -0.3 is 14.8 Å². The molecule has 1 aromatic rings. The fourth-order valence-corrected chi connectivity index (χ4v) is 2.89. The highest BCUT2D eigenvalue weighted by Crippen LogP contribution is 2.10. The van der Waals surface area contributed by atoms with Gasteiger partial charge in [-0.15, -0.1) is 0 Å². The lowest BCUT2D eigenvalue weighted by Gasteiger charge is -2.29. The molecule has 0 aliphatic carbocycles. The van der Waals surface area contributed by atoms with Gasteiger partial charge in [0, 0.05) is 38.3 Å². The molecule has 1 aliphatic rings. The van der Waals surface area contributed by atoms with E-state index in [0.29, 0.717) is 25.4 Å². The Bertz CT molecular complexity index is 521. The first-order valence-electron chi connectivity index (χ1n) is 8.29.